The summed E-state index contributed by atoms with van der Waals surface area (Å²) in [5, 5.41) is 3.61. The van der Waals surface area contributed by atoms with Gasteiger partial charge in [0.2, 0.25) is 0 Å². The van der Waals surface area contributed by atoms with Crippen molar-refractivity contribution < 1.29 is 0 Å². The Bertz CT molecular complexity index is 270. The van der Waals surface area contributed by atoms with Gasteiger partial charge in [0, 0.05) is 24.0 Å². The molecule has 3 heteroatoms. The van der Waals surface area contributed by atoms with Gasteiger partial charge in [-0.15, -0.1) is 0 Å². The second-order valence-electron chi connectivity index (χ2n) is 4.18. The maximum absolute atomic E-state index is 4.11. The summed E-state index contributed by atoms with van der Waals surface area (Å²) < 4.78 is 0. The number of rotatable bonds is 7. The fraction of sp³-hybridized carbons (Fsp3) is 0.692. The quantitative estimate of drug-likeness (QED) is 0.769. The van der Waals surface area contributed by atoms with E-state index in [9.17, 15) is 0 Å². The Morgan fingerprint density at radius 3 is 2.25 bits per heavy atom. The molecule has 0 fully saturated rings. The second-order valence-corrected chi connectivity index (χ2v) is 4.18. The molecule has 0 bridgehead atoms. The first kappa shape index (κ1) is 13.1. The van der Waals surface area contributed by atoms with Crippen molar-refractivity contribution in [3.05, 3.63) is 24.3 Å². The zero-order valence-electron chi connectivity index (χ0n) is 10.6. The van der Waals surface area contributed by atoms with E-state index in [-0.39, 0.29) is 0 Å². The number of aromatic nitrogens is 2. The zero-order valence-corrected chi connectivity index (χ0v) is 10.6. The van der Waals surface area contributed by atoms with Gasteiger partial charge in [0.15, 0.2) is 0 Å². The molecule has 1 aromatic heterocycles. The topological polar surface area (TPSA) is 37.8 Å². The highest BCUT2D eigenvalue weighted by atomic mass is 14.9. The van der Waals surface area contributed by atoms with Crippen LogP contribution in [0.3, 0.4) is 0 Å². The van der Waals surface area contributed by atoms with Crippen molar-refractivity contribution in [3.63, 3.8) is 0 Å². The minimum atomic E-state index is 0.399. The fourth-order valence-electron chi connectivity index (χ4n) is 2.09. The van der Waals surface area contributed by atoms with E-state index in [0.29, 0.717) is 12.0 Å². The molecule has 1 unspecified atom stereocenters. The molecule has 0 radical (unpaired) electrons. The molecule has 0 saturated heterocycles. The molecule has 0 aromatic carbocycles. The Labute approximate surface area is 98.7 Å². The smallest absolute Gasteiger partial charge is 0.115 e. The second kappa shape index (κ2) is 7.34. The largest absolute Gasteiger partial charge is 0.310 e. The van der Waals surface area contributed by atoms with E-state index in [4.69, 9.17) is 0 Å². The van der Waals surface area contributed by atoms with Gasteiger partial charge in [0.05, 0.1) is 0 Å². The Balaban J connectivity index is 2.78. The lowest BCUT2D eigenvalue weighted by Crippen LogP contribution is -2.28. The molecule has 16 heavy (non-hydrogen) atoms. The van der Waals surface area contributed by atoms with Crippen LogP contribution in [0.2, 0.25) is 0 Å². The summed E-state index contributed by atoms with van der Waals surface area (Å²) in [6, 6.07) is 0.399. The first-order valence-corrected chi connectivity index (χ1v) is 6.31. The number of nitrogens with one attached hydrogen (secondary N) is 1. The molecular weight excluding hydrogens is 198 g/mol. The predicted molar refractivity (Wildman–Crippen MR) is 67.1 cm³/mol. The highest BCUT2D eigenvalue weighted by molar-refractivity contribution is 5.10. The summed E-state index contributed by atoms with van der Waals surface area (Å²) in [5.41, 5.74) is 1.21. The standard InChI is InChI=1S/C13H23N3/c1-4-7-16-13(11(5-2)6-3)12-8-14-10-15-9-12/h8-11,13,16H,4-7H2,1-3H3. The average molecular weight is 221 g/mol. The first-order chi connectivity index (χ1) is 7.83. The van der Waals surface area contributed by atoms with Gasteiger partial charge in [-0.1, -0.05) is 33.6 Å². The van der Waals surface area contributed by atoms with E-state index >= 15 is 0 Å². The summed E-state index contributed by atoms with van der Waals surface area (Å²) in [5.74, 6) is 0.664. The van der Waals surface area contributed by atoms with Crippen LogP contribution in [0, 0.1) is 5.92 Å². The molecular formula is C13H23N3. The van der Waals surface area contributed by atoms with Crippen LogP contribution in [0.5, 0.6) is 0 Å². The lowest BCUT2D eigenvalue weighted by molar-refractivity contribution is 0.340. The fourth-order valence-corrected chi connectivity index (χ4v) is 2.09. The van der Waals surface area contributed by atoms with Gasteiger partial charge in [-0.05, 0) is 18.9 Å². The summed E-state index contributed by atoms with van der Waals surface area (Å²) in [7, 11) is 0. The molecule has 0 saturated carbocycles. The van der Waals surface area contributed by atoms with Crippen LogP contribution in [0.15, 0.2) is 18.7 Å². The lowest BCUT2D eigenvalue weighted by atomic mass is 9.90. The van der Waals surface area contributed by atoms with E-state index in [2.05, 4.69) is 36.1 Å². The van der Waals surface area contributed by atoms with Crippen molar-refractivity contribution >= 4 is 0 Å². The Hall–Kier alpha value is -0.960. The number of hydrogen-bond donors (Lipinski definition) is 1. The van der Waals surface area contributed by atoms with Crippen molar-refractivity contribution in [2.75, 3.05) is 6.54 Å². The van der Waals surface area contributed by atoms with Crippen LogP contribution >= 0.6 is 0 Å². The molecule has 3 nitrogen and oxygen atoms in total. The van der Waals surface area contributed by atoms with Crippen LogP contribution in [0.1, 0.15) is 51.6 Å². The van der Waals surface area contributed by atoms with Gasteiger partial charge in [0.1, 0.15) is 6.33 Å². The third-order valence-electron chi connectivity index (χ3n) is 3.07. The monoisotopic (exact) mass is 221 g/mol. The molecule has 1 N–H and O–H groups in total. The average Bonchev–Trinajstić information content (AvgIpc) is 2.35. The molecule has 1 heterocycles. The van der Waals surface area contributed by atoms with Crippen molar-refractivity contribution in [1.82, 2.24) is 15.3 Å². The molecule has 1 aromatic rings. The van der Waals surface area contributed by atoms with E-state index in [1.807, 2.05) is 12.4 Å². The summed E-state index contributed by atoms with van der Waals surface area (Å²) in [6.45, 7) is 7.74. The van der Waals surface area contributed by atoms with Crippen LogP contribution in [0.25, 0.3) is 0 Å². The molecule has 1 rings (SSSR count). The van der Waals surface area contributed by atoms with Gasteiger partial charge in [-0.2, -0.15) is 0 Å². The SMILES string of the molecule is CCCNC(c1cncnc1)C(CC)CC. The summed E-state index contributed by atoms with van der Waals surface area (Å²) in [6.07, 6.45) is 8.98. The molecule has 0 amide bonds. The van der Waals surface area contributed by atoms with E-state index in [1.54, 1.807) is 6.33 Å². The maximum atomic E-state index is 4.11. The molecule has 90 valence electrons. The Morgan fingerprint density at radius 1 is 1.12 bits per heavy atom. The normalized spacial score (nSPS) is 13.0. The van der Waals surface area contributed by atoms with Crippen LogP contribution < -0.4 is 5.32 Å². The Kier molecular flexibility index (Phi) is 6.01. The lowest BCUT2D eigenvalue weighted by Gasteiger charge is -2.26. The van der Waals surface area contributed by atoms with Gasteiger partial charge in [-0.3, -0.25) is 0 Å². The van der Waals surface area contributed by atoms with E-state index < -0.39 is 0 Å². The number of nitrogens with zero attached hydrogens (tertiary/aromatic N) is 2. The zero-order chi connectivity index (χ0) is 11.8. The minimum absolute atomic E-state index is 0.399. The van der Waals surface area contributed by atoms with Crippen molar-refractivity contribution in [1.29, 1.82) is 0 Å². The highest BCUT2D eigenvalue weighted by Crippen LogP contribution is 2.26. The Morgan fingerprint density at radius 2 is 1.75 bits per heavy atom. The summed E-state index contributed by atoms with van der Waals surface area (Å²) >= 11 is 0. The first-order valence-electron chi connectivity index (χ1n) is 6.31. The maximum Gasteiger partial charge on any atom is 0.115 e. The molecule has 0 aliphatic carbocycles. The minimum Gasteiger partial charge on any atom is -0.310 e. The van der Waals surface area contributed by atoms with Crippen molar-refractivity contribution in [2.45, 2.75) is 46.1 Å². The predicted octanol–water partition coefficient (Wildman–Crippen LogP) is 2.95. The molecule has 0 aliphatic rings. The third kappa shape index (κ3) is 3.56. The highest BCUT2D eigenvalue weighted by Gasteiger charge is 2.19. The van der Waals surface area contributed by atoms with Gasteiger partial charge >= 0.3 is 0 Å². The number of hydrogen-bond acceptors (Lipinski definition) is 3. The molecule has 0 aliphatic heterocycles. The molecule has 1 atom stereocenters. The van der Waals surface area contributed by atoms with Gasteiger partial charge in [-0.25, -0.2) is 9.97 Å². The van der Waals surface area contributed by atoms with Crippen LogP contribution in [-0.2, 0) is 0 Å². The van der Waals surface area contributed by atoms with Crippen LogP contribution in [-0.4, -0.2) is 16.5 Å². The summed E-state index contributed by atoms with van der Waals surface area (Å²) in [4.78, 5) is 8.23. The third-order valence-corrected chi connectivity index (χ3v) is 3.07. The van der Waals surface area contributed by atoms with Crippen LogP contribution in [0.4, 0.5) is 0 Å². The van der Waals surface area contributed by atoms with Crippen molar-refractivity contribution in [2.24, 2.45) is 5.92 Å². The van der Waals surface area contributed by atoms with E-state index in [0.717, 1.165) is 13.0 Å². The van der Waals surface area contributed by atoms with E-state index in [1.165, 1.54) is 18.4 Å². The van der Waals surface area contributed by atoms with Crippen molar-refractivity contribution in [3.8, 4) is 0 Å². The van der Waals surface area contributed by atoms with Gasteiger partial charge < -0.3 is 5.32 Å². The van der Waals surface area contributed by atoms with Gasteiger partial charge in [0.25, 0.3) is 0 Å². The molecule has 0 spiro atoms.